The molecule has 0 aliphatic rings. The molecule has 0 N–H and O–H groups in total. The first kappa shape index (κ1) is 11.6. The summed E-state index contributed by atoms with van der Waals surface area (Å²) < 4.78 is 29.2. The Kier molecular flexibility index (Phi) is 3.35. The number of pyridine rings is 1. The quantitative estimate of drug-likeness (QED) is 0.461. The molecule has 0 aliphatic heterocycles. The van der Waals surface area contributed by atoms with Crippen molar-refractivity contribution in [3.63, 3.8) is 0 Å². The molecule has 1 aromatic rings. The van der Waals surface area contributed by atoms with Crippen LogP contribution in [0, 0.1) is 10.1 Å². The van der Waals surface area contributed by atoms with Gasteiger partial charge >= 0.3 is 5.69 Å². The molecule has 1 heterocycles. The highest BCUT2D eigenvalue weighted by molar-refractivity contribution is 6.30. The van der Waals surface area contributed by atoms with E-state index in [1.165, 1.54) is 0 Å². The van der Waals surface area contributed by atoms with Crippen molar-refractivity contribution in [3.05, 3.63) is 26.9 Å². The van der Waals surface area contributed by atoms with E-state index in [1.807, 2.05) is 0 Å². The van der Waals surface area contributed by atoms with Gasteiger partial charge in [-0.25, -0.2) is 8.78 Å². The number of ether oxygens (including phenoxy) is 1. The molecule has 1 rings (SSSR count). The molecule has 0 radical (unpaired) electrons. The van der Waals surface area contributed by atoms with Crippen molar-refractivity contribution in [2.75, 3.05) is 7.11 Å². The van der Waals surface area contributed by atoms with E-state index < -0.39 is 33.6 Å². The zero-order valence-corrected chi connectivity index (χ0v) is 8.16. The molecule has 0 aromatic carbocycles. The lowest BCUT2D eigenvalue weighted by molar-refractivity contribution is -0.386. The highest BCUT2D eigenvalue weighted by Crippen LogP contribution is 2.34. The van der Waals surface area contributed by atoms with Crippen LogP contribution in [0.5, 0.6) is 5.88 Å². The Balaban J connectivity index is 3.37. The summed E-state index contributed by atoms with van der Waals surface area (Å²) in [7, 11) is 1.13. The minimum Gasteiger partial charge on any atom is -0.476 e. The third-order valence-electron chi connectivity index (χ3n) is 1.57. The summed E-state index contributed by atoms with van der Waals surface area (Å²) in [4.78, 5) is 13.0. The number of alkyl halides is 2. The van der Waals surface area contributed by atoms with Gasteiger partial charge in [0.25, 0.3) is 12.3 Å². The van der Waals surface area contributed by atoms with Crippen molar-refractivity contribution in [1.29, 1.82) is 0 Å². The third kappa shape index (κ3) is 2.30. The van der Waals surface area contributed by atoms with E-state index in [0.29, 0.717) is 6.07 Å². The number of nitro groups is 1. The Hall–Kier alpha value is -1.50. The van der Waals surface area contributed by atoms with Gasteiger partial charge in [0.2, 0.25) is 0 Å². The molecule has 0 fully saturated rings. The average molecular weight is 239 g/mol. The predicted molar refractivity (Wildman–Crippen MR) is 47.4 cm³/mol. The van der Waals surface area contributed by atoms with Crippen LogP contribution in [0.2, 0.25) is 5.15 Å². The van der Waals surface area contributed by atoms with Crippen LogP contribution in [0.1, 0.15) is 12.0 Å². The van der Waals surface area contributed by atoms with E-state index in [2.05, 4.69) is 9.72 Å². The van der Waals surface area contributed by atoms with Crippen molar-refractivity contribution in [1.82, 2.24) is 4.98 Å². The Morgan fingerprint density at radius 1 is 1.67 bits per heavy atom. The zero-order chi connectivity index (χ0) is 11.6. The molecule has 82 valence electrons. The standard InChI is InChI=1S/C7H5ClF2N2O3/c1-15-7-4(12(13)14)2-3(6(9)10)5(8)11-7/h2,6H,1H3. The van der Waals surface area contributed by atoms with Crippen LogP contribution in [0.3, 0.4) is 0 Å². The number of halogens is 3. The SMILES string of the molecule is COc1nc(Cl)c(C(F)F)cc1[N+](=O)[O-]. The monoisotopic (exact) mass is 238 g/mol. The summed E-state index contributed by atoms with van der Waals surface area (Å²) >= 11 is 5.39. The lowest BCUT2D eigenvalue weighted by Gasteiger charge is -2.05. The van der Waals surface area contributed by atoms with Gasteiger partial charge in [-0.1, -0.05) is 11.6 Å². The molecule has 5 nitrogen and oxygen atoms in total. The normalized spacial score (nSPS) is 10.5. The van der Waals surface area contributed by atoms with Crippen LogP contribution >= 0.6 is 11.6 Å². The van der Waals surface area contributed by atoms with Gasteiger partial charge < -0.3 is 4.74 Å². The predicted octanol–water partition coefficient (Wildman–Crippen LogP) is 2.59. The fourth-order valence-corrected chi connectivity index (χ4v) is 1.13. The third-order valence-corrected chi connectivity index (χ3v) is 1.88. The molecule has 0 aliphatic carbocycles. The molecular weight excluding hydrogens is 234 g/mol. The first-order chi connectivity index (χ1) is 6.97. The summed E-state index contributed by atoms with van der Waals surface area (Å²) in [5.41, 5.74) is -1.33. The number of rotatable bonds is 3. The maximum Gasteiger partial charge on any atom is 0.331 e. The first-order valence-corrected chi connectivity index (χ1v) is 4.02. The molecule has 8 heteroatoms. The van der Waals surface area contributed by atoms with Gasteiger partial charge in [0.05, 0.1) is 17.6 Å². The summed E-state index contributed by atoms with van der Waals surface area (Å²) in [5.74, 6) is -0.394. The molecule has 0 spiro atoms. The molecule has 0 unspecified atom stereocenters. The molecule has 0 saturated heterocycles. The van der Waals surface area contributed by atoms with Crippen LogP contribution in [0.25, 0.3) is 0 Å². The second kappa shape index (κ2) is 4.35. The van der Waals surface area contributed by atoms with Gasteiger partial charge in [0.1, 0.15) is 5.15 Å². The molecule has 15 heavy (non-hydrogen) atoms. The molecular formula is C7H5ClF2N2O3. The number of methoxy groups -OCH3 is 1. The number of hydrogen-bond acceptors (Lipinski definition) is 4. The molecule has 1 aromatic heterocycles. The minimum atomic E-state index is -2.92. The summed E-state index contributed by atoms with van der Waals surface area (Å²) in [5, 5.41) is 9.96. The maximum absolute atomic E-state index is 12.3. The second-order valence-electron chi connectivity index (χ2n) is 2.45. The van der Waals surface area contributed by atoms with Crippen LogP contribution in [-0.4, -0.2) is 17.0 Å². The molecule has 0 atom stereocenters. The highest BCUT2D eigenvalue weighted by atomic mass is 35.5. The summed E-state index contributed by atoms with van der Waals surface area (Å²) in [6.45, 7) is 0. The van der Waals surface area contributed by atoms with Gasteiger partial charge in [-0.15, -0.1) is 0 Å². The van der Waals surface area contributed by atoms with Gasteiger partial charge in [-0.2, -0.15) is 4.98 Å². The summed E-state index contributed by atoms with van der Waals surface area (Å²) in [6.07, 6.45) is -2.92. The number of nitrogens with zero attached hydrogens (tertiary/aromatic N) is 2. The molecule has 0 amide bonds. The fraction of sp³-hybridized carbons (Fsp3) is 0.286. The Morgan fingerprint density at radius 2 is 2.27 bits per heavy atom. The van der Waals surface area contributed by atoms with Gasteiger partial charge in [0, 0.05) is 6.07 Å². The number of hydrogen-bond donors (Lipinski definition) is 0. The number of aromatic nitrogens is 1. The average Bonchev–Trinajstić information content (AvgIpc) is 2.16. The fourth-order valence-electron chi connectivity index (χ4n) is 0.914. The van der Waals surface area contributed by atoms with Gasteiger partial charge in [-0.05, 0) is 0 Å². The lowest BCUT2D eigenvalue weighted by atomic mass is 10.2. The van der Waals surface area contributed by atoms with E-state index in [9.17, 15) is 18.9 Å². The molecule has 0 bridgehead atoms. The smallest absolute Gasteiger partial charge is 0.331 e. The van der Waals surface area contributed by atoms with E-state index >= 15 is 0 Å². The van der Waals surface area contributed by atoms with Crippen molar-refractivity contribution in [2.45, 2.75) is 6.43 Å². The van der Waals surface area contributed by atoms with Crippen molar-refractivity contribution < 1.29 is 18.4 Å². The second-order valence-corrected chi connectivity index (χ2v) is 2.81. The Bertz CT molecular complexity index is 400. The van der Waals surface area contributed by atoms with Gasteiger partial charge in [-0.3, -0.25) is 10.1 Å². The van der Waals surface area contributed by atoms with Gasteiger partial charge in [0.15, 0.2) is 0 Å². The van der Waals surface area contributed by atoms with E-state index in [-0.39, 0.29) is 0 Å². The largest absolute Gasteiger partial charge is 0.476 e. The van der Waals surface area contributed by atoms with E-state index in [4.69, 9.17) is 11.6 Å². The van der Waals surface area contributed by atoms with Crippen LogP contribution in [0.4, 0.5) is 14.5 Å². The van der Waals surface area contributed by atoms with Crippen molar-refractivity contribution in [2.24, 2.45) is 0 Å². The Labute approximate surface area is 87.8 Å². The highest BCUT2D eigenvalue weighted by Gasteiger charge is 2.24. The van der Waals surface area contributed by atoms with Crippen molar-refractivity contribution in [3.8, 4) is 5.88 Å². The first-order valence-electron chi connectivity index (χ1n) is 3.64. The summed E-state index contributed by atoms with van der Waals surface area (Å²) in [6, 6.07) is 0.652. The maximum atomic E-state index is 12.3. The topological polar surface area (TPSA) is 65.3 Å². The van der Waals surface area contributed by atoms with E-state index in [0.717, 1.165) is 7.11 Å². The zero-order valence-electron chi connectivity index (χ0n) is 7.41. The molecule has 0 saturated carbocycles. The lowest BCUT2D eigenvalue weighted by Crippen LogP contribution is -1.99. The van der Waals surface area contributed by atoms with Crippen LogP contribution in [0.15, 0.2) is 6.07 Å². The van der Waals surface area contributed by atoms with Crippen LogP contribution in [-0.2, 0) is 0 Å². The van der Waals surface area contributed by atoms with Crippen molar-refractivity contribution >= 4 is 17.3 Å². The Morgan fingerprint density at radius 3 is 2.67 bits per heavy atom. The van der Waals surface area contributed by atoms with Crippen LogP contribution < -0.4 is 4.74 Å². The minimum absolute atomic E-state index is 0.394. The van der Waals surface area contributed by atoms with E-state index in [1.54, 1.807) is 0 Å².